The minimum atomic E-state index is 0.363. The predicted molar refractivity (Wildman–Crippen MR) is 74.8 cm³/mol. The van der Waals surface area contributed by atoms with Gasteiger partial charge in [0.15, 0.2) is 0 Å². The summed E-state index contributed by atoms with van der Waals surface area (Å²) in [5, 5.41) is 0.363. The Morgan fingerprint density at radius 3 is 2.06 bits per heavy atom. The Balaban J connectivity index is 1.55. The van der Waals surface area contributed by atoms with Crippen LogP contribution in [0.5, 0.6) is 0 Å². The third-order valence-electron chi connectivity index (χ3n) is 4.43. The molecule has 1 atom stereocenters. The summed E-state index contributed by atoms with van der Waals surface area (Å²) in [5.74, 6) is 0.756. The highest BCUT2D eigenvalue weighted by Gasteiger charge is 2.22. The number of hydrogen-bond acceptors (Lipinski definition) is 2. The predicted octanol–water partition coefficient (Wildman–Crippen LogP) is 2.81. The van der Waals surface area contributed by atoms with Crippen molar-refractivity contribution in [2.75, 3.05) is 39.3 Å². The van der Waals surface area contributed by atoms with E-state index in [0.717, 1.165) is 5.92 Å². The van der Waals surface area contributed by atoms with E-state index in [1.165, 1.54) is 71.4 Å². The van der Waals surface area contributed by atoms with Gasteiger partial charge in [-0.1, -0.05) is 0 Å². The van der Waals surface area contributed by atoms with Crippen molar-refractivity contribution in [3.63, 3.8) is 0 Å². The van der Waals surface area contributed by atoms with E-state index in [4.69, 9.17) is 11.6 Å². The van der Waals surface area contributed by atoms with Crippen LogP contribution in [0.4, 0.5) is 0 Å². The van der Waals surface area contributed by atoms with Crippen molar-refractivity contribution in [2.45, 2.75) is 44.4 Å². The largest absolute Gasteiger partial charge is 0.303 e. The molecule has 0 radical (unpaired) electrons. The summed E-state index contributed by atoms with van der Waals surface area (Å²) in [7, 11) is 0. The Bertz CT molecular complexity index is 206. The van der Waals surface area contributed by atoms with Gasteiger partial charge >= 0.3 is 0 Å². The molecule has 2 aliphatic heterocycles. The summed E-state index contributed by atoms with van der Waals surface area (Å²) in [6.45, 7) is 9.96. The first kappa shape index (κ1) is 13.6. The van der Waals surface area contributed by atoms with E-state index < -0.39 is 0 Å². The Hall–Kier alpha value is 0.210. The van der Waals surface area contributed by atoms with E-state index in [0.29, 0.717) is 5.38 Å². The fourth-order valence-corrected chi connectivity index (χ4v) is 3.41. The summed E-state index contributed by atoms with van der Waals surface area (Å²) >= 11 is 6.17. The third kappa shape index (κ3) is 4.42. The molecule has 2 heterocycles. The molecule has 2 fully saturated rings. The molecule has 2 saturated heterocycles. The fraction of sp³-hybridized carbons (Fsp3) is 1.00. The van der Waals surface area contributed by atoms with Crippen LogP contribution < -0.4 is 0 Å². The van der Waals surface area contributed by atoms with Crippen LogP contribution >= 0.6 is 11.6 Å². The molecule has 3 heteroatoms. The molecule has 0 aromatic heterocycles. The van der Waals surface area contributed by atoms with Crippen LogP contribution in [-0.4, -0.2) is 54.4 Å². The van der Waals surface area contributed by atoms with Gasteiger partial charge in [-0.3, -0.25) is 0 Å². The maximum Gasteiger partial charge on any atom is 0.0337 e. The van der Waals surface area contributed by atoms with Gasteiger partial charge in [0.25, 0.3) is 0 Å². The lowest BCUT2D eigenvalue weighted by Gasteiger charge is -2.33. The standard InChI is InChI=1S/C14H27ClN2/c1-13(15)14-5-11-17(12-6-14)10-4-9-16-7-2-3-8-16/h13-14H,2-12H2,1H3. The van der Waals surface area contributed by atoms with Gasteiger partial charge in [0, 0.05) is 5.38 Å². The molecule has 2 rings (SSSR count). The fourth-order valence-electron chi connectivity index (χ4n) is 3.16. The first-order valence-corrected chi connectivity index (χ1v) is 7.78. The van der Waals surface area contributed by atoms with Gasteiger partial charge in [0.1, 0.15) is 0 Å². The highest BCUT2D eigenvalue weighted by molar-refractivity contribution is 6.20. The molecule has 2 aliphatic rings. The number of piperidine rings is 1. The molecular weight excluding hydrogens is 232 g/mol. The summed E-state index contributed by atoms with van der Waals surface area (Å²) in [6.07, 6.45) is 6.78. The third-order valence-corrected chi connectivity index (χ3v) is 4.79. The molecule has 0 bridgehead atoms. The molecule has 1 unspecified atom stereocenters. The number of rotatable bonds is 5. The molecule has 0 amide bonds. The zero-order valence-corrected chi connectivity index (χ0v) is 12.0. The topological polar surface area (TPSA) is 6.48 Å². The molecule has 0 spiro atoms. The molecule has 0 saturated carbocycles. The quantitative estimate of drug-likeness (QED) is 0.700. The van der Waals surface area contributed by atoms with Gasteiger partial charge < -0.3 is 9.80 Å². The molecule has 0 aromatic rings. The zero-order valence-electron chi connectivity index (χ0n) is 11.2. The van der Waals surface area contributed by atoms with Crippen molar-refractivity contribution in [1.82, 2.24) is 9.80 Å². The maximum atomic E-state index is 6.17. The first-order chi connectivity index (χ1) is 8.25. The van der Waals surface area contributed by atoms with Gasteiger partial charge in [-0.2, -0.15) is 0 Å². The van der Waals surface area contributed by atoms with Crippen LogP contribution in [0.2, 0.25) is 0 Å². The number of hydrogen-bond donors (Lipinski definition) is 0. The summed E-state index contributed by atoms with van der Waals surface area (Å²) in [6, 6.07) is 0. The van der Waals surface area contributed by atoms with E-state index in [2.05, 4.69) is 16.7 Å². The van der Waals surface area contributed by atoms with E-state index in [9.17, 15) is 0 Å². The van der Waals surface area contributed by atoms with Gasteiger partial charge in [0.2, 0.25) is 0 Å². The average Bonchev–Trinajstić information content (AvgIpc) is 2.83. The second-order valence-electron chi connectivity index (χ2n) is 5.76. The van der Waals surface area contributed by atoms with Gasteiger partial charge in [-0.25, -0.2) is 0 Å². The Morgan fingerprint density at radius 1 is 1.00 bits per heavy atom. The molecule has 17 heavy (non-hydrogen) atoms. The van der Waals surface area contributed by atoms with Crippen LogP contribution in [0.3, 0.4) is 0 Å². The lowest BCUT2D eigenvalue weighted by atomic mass is 9.94. The van der Waals surface area contributed by atoms with Crippen LogP contribution in [-0.2, 0) is 0 Å². The lowest BCUT2D eigenvalue weighted by molar-refractivity contribution is 0.174. The normalized spacial score (nSPS) is 26.5. The lowest BCUT2D eigenvalue weighted by Crippen LogP contribution is -2.37. The van der Waals surface area contributed by atoms with Gasteiger partial charge in [-0.15, -0.1) is 11.6 Å². The molecule has 2 nitrogen and oxygen atoms in total. The summed E-state index contributed by atoms with van der Waals surface area (Å²) < 4.78 is 0. The van der Waals surface area contributed by atoms with Crippen molar-refractivity contribution in [2.24, 2.45) is 5.92 Å². The summed E-state index contributed by atoms with van der Waals surface area (Å²) in [5.41, 5.74) is 0. The first-order valence-electron chi connectivity index (χ1n) is 7.34. The van der Waals surface area contributed by atoms with E-state index in [1.54, 1.807) is 0 Å². The number of likely N-dealkylation sites (tertiary alicyclic amines) is 2. The van der Waals surface area contributed by atoms with Crippen LogP contribution in [0.25, 0.3) is 0 Å². The van der Waals surface area contributed by atoms with Crippen molar-refractivity contribution in [3.8, 4) is 0 Å². The van der Waals surface area contributed by atoms with Crippen molar-refractivity contribution >= 4 is 11.6 Å². The minimum absolute atomic E-state index is 0.363. The van der Waals surface area contributed by atoms with Crippen LogP contribution in [0.15, 0.2) is 0 Å². The molecule has 0 aliphatic carbocycles. The highest BCUT2D eigenvalue weighted by Crippen LogP contribution is 2.23. The molecular formula is C14H27ClN2. The Morgan fingerprint density at radius 2 is 1.53 bits per heavy atom. The maximum absolute atomic E-state index is 6.17. The highest BCUT2D eigenvalue weighted by atomic mass is 35.5. The Labute approximate surface area is 111 Å². The van der Waals surface area contributed by atoms with E-state index in [-0.39, 0.29) is 0 Å². The zero-order chi connectivity index (χ0) is 12.1. The Kier molecular flexibility index (Phi) is 5.58. The van der Waals surface area contributed by atoms with Gasteiger partial charge in [-0.05, 0) is 84.2 Å². The molecule has 0 aromatic carbocycles. The van der Waals surface area contributed by atoms with E-state index >= 15 is 0 Å². The smallest absolute Gasteiger partial charge is 0.0337 e. The molecule has 0 N–H and O–H groups in total. The second-order valence-corrected chi connectivity index (χ2v) is 6.45. The number of nitrogens with zero attached hydrogens (tertiary/aromatic N) is 2. The van der Waals surface area contributed by atoms with Crippen molar-refractivity contribution in [1.29, 1.82) is 0 Å². The van der Waals surface area contributed by atoms with E-state index in [1.807, 2.05) is 0 Å². The SMILES string of the molecule is CC(Cl)C1CCN(CCCN2CCCC2)CC1. The van der Waals surface area contributed by atoms with Gasteiger partial charge in [0.05, 0.1) is 0 Å². The van der Waals surface area contributed by atoms with Crippen LogP contribution in [0, 0.1) is 5.92 Å². The minimum Gasteiger partial charge on any atom is -0.303 e. The van der Waals surface area contributed by atoms with Crippen molar-refractivity contribution < 1.29 is 0 Å². The monoisotopic (exact) mass is 258 g/mol. The summed E-state index contributed by atoms with van der Waals surface area (Å²) in [4.78, 5) is 5.25. The molecule has 100 valence electrons. The second kappa shape index (κ2) is 6.96. The average molecular weight is 259 g/mol. The van der Waals surface area contributed by atoms with Crippen LogP contribution in [0.1, 0.15) is 39.0 Å². The number of halogens is 1. The number of alkyl halides is 1. The van der Waals surface area contributed by atoms with Crippen molar-refractivity contribution in [3.05, 3.63) is 0 Å².